The first-order valence-corrected chi connectivity index (χ1v) is 8.15. The van der Waals surface area contributed by atoms with Crippen molar-refractivity contribution in [3.05, 3.63) is 40.2 Å². The van der Waals surface area contributed by atoms with E-state index >= 15 is 0 Å². The molecule has 2 rings (SSSR count). The molecule has 0 aromatic carbocycles. The number of rotatable bonds is 7. The maximum atomic E-state index is 12.1. The fraction of sp³-hybridized carbons (Fsp3) is 0.375. The highest BCUT2D eigenvalue weighted by atomic mass is 32.1. The molecule has 5 heteroatoms. The molecule has 0 radical (unpaired) electrons. The number of aromatic nitrogens is 1. The van der Waals surface area contributed by atoms with Gasteiger partial charge in [-0.2, -0.15) is 11.3 Å². The number of nitrogens with zero attached hydrogens (tertiary/aromatic N) is 1. The van der Waals surface area contributed by atoms with Crippen molar-refractivity contribution in [3.63, 3.8) is 0 Å². The van der Waals surface area contributed by atoms with Crippen LogP contribution < -0.4 is 10.6 Å². The van der Waals surface area contributed by atoms with Crippen molar-refractivity contribution in [1.29, 1.82) is 0 Å². The Bertz CT molecular complexity index is 581. The van der Waals surface area contributed by atoms with Gasteiger partial charge in [-0.3, -0.25) is 9.78 Å². The third-order valence-corrected chi connectivity index (χ3v) is 3.84. The van der Waals surface area contributed by atoms with Gasteiger partial charge in [-0.1, -0.05) is 6.92 Å². The molecule has 0 saturated heterocycles. The maximum Gasteiger partial charge on any atom is 0.253 e. The number of aryl methyl sites for hydroxylation is 1. The summed E-state index contributed by atoms with van der Waals surface area (Å²) in [4.78, 5) is 16.6. The standard InChI is InChI=1S/C16H21N3OS/c1-3-7-17-8-9-18-16(20)14-4-5-15(19-12(14)2)13-6-10-21-11-13/h4-6,10-11,17H,3,7-9H2,1-2H3,(H,18,20). The van der Waals surface area contributed by atoms with E-state index in [1.165, 1.54) is 0 Å². The average molecular weight is 303 g/mol. The summed E-state index contributed by atoms with van der Waals surface area (Å²) in [6.07, 6.45) is 1.10. The van der Waals surface area contributed by atoms with E-state index in [0.717, 1.165) is 36.5 Å². The molecule has 112 valence electrons. The number of carbonyl (C=O) groups is 1. The molecule has 0 fully saturated rings. The van der Waals surface area contributed by atoms with Crippen molar-refractivity contribution >= 4 is 17.2 Å². The molecule has 0 saturated carbocycles. The second-order valence-electron chi connectivity index (χ2n) is 4.85. The monoisotopic (exact) mass is 303 g/mol. The van der Waals surface area contributed by atoms with Gasteiger partial charge in [-0.25, -0.2) is 0 Å². The molecule has 0 aliphatic heterocycles. The molecule has 0 bridgehead atoms. The van der Waals surface area contributed by atoms with Gasteiger partial charge in [-0.15, -0.1) is 0 Å². The van der Waals surface area contributed by atoms with E-state index in [0.29, 0.717) is 12.1 Å². The zero-order valence-electron chi connectivity index (χ0n) is 12.5. The number of thiophene rings is 1. The lowest BCUT2D eigenvalue weighted by Gasteiger charge is -2.09. The van der Waals surface area contributed by atoms with Gasteiger partial charge in [0, 0.05) is 24.0 Å². The predicted molar refractivity (Wildman–Crippen MR) is 87.8 cm³/mol. The van der Waals surface area contributed by atoms with Crippen LogP contribution in [0.1, 0.15) is 29.4 Å². The third kappa shape index (κ3) is 4.37. The van der Waals surface area contributed by atoms with Gasteiger partial charge in [0.05, 0.1) is 17.0 Å². The molecule has 2 aromatic rings. The van der Waals surface area contributed by atoms with Crippen molar-refractivity contribution < 1.29 is 4.79 Å². The Morgan fingerprint density at radius 3 is 2.76 bits per heavy atom. The molecular formula is C16H21N3OS. The summed E-state index contributed by atoms with van der Waals surface area (Å²) in [5.74, 6) is -0.0600. The second-order valence-corrected chi connectivity index (χ2v) is 5.63. The van der Waals surface area contributed by atoms with Crippen LogP contribution in [0.5, 0.6) is 0 Å². The number of nitrogens with one attached hydrogen (secondary N) is 2. The highest BCUT2D eigenvalue weighted by Crippen LogP contribution is 2.21. The van der Waals surface area contributed by atoms with E-state index < -0.39 is 0 Å². The van der Waals surface area contributed by atoms with Gasteiger partial charge < -0.3 is 10.6 Å². The first-order chi connectivity index (χ1) is 10.2. The van der Waals surface area contributed by atoms with Crippen LogP contribution in [0.4, 0.5) is 0 Å². The number of amides is 1. The first-order valence-electron chi connectivity index (χ1n) is 7.21. The summed E-state index contributed by atoms with van der Waals surface area (Å²) >= 11 is 1.64. The van der Waals surface area contributed by atoms with E-state index in [4.69, 9.17) is 0 Å². The Kier molecular flexibility index (Phi) is 5.90. The number of hydrogen-bond donors (Lipinski definition) is 2. The number of carbonyl (C=O) groups excluding carboxylic acids is 1. The Balaban J connectivity index is 1.95. The van der Waals surface area contributed by atoms with Gasteiger partial charge in [-0.05, 0) is 43.5 Å². The van der Waals surface area contributed by atoms with Crippen LogP contribution in [0.15, 0.2) is 29.0 Å². The molecule has 0 unspecified atom stereocenters. The topological polar surface area (TPSA) is 54.0 Å². The Morgan fingerprint density at radius 2 is 2.10 bits per heavy atom. The van der Waals surface area contributed by atoms with Gasteiger partial charge in [0.15, 0.2) is 0 Å². The van der Waals surface area contributed by atoms with E-state index in [9.17, 15) is 4.79 Å². The molecule has 4 nitrogen and oxygen atoms in total. The minimum Gasteiger partial charge on any atom is -0.351 e. The van der Waals surface area contributed by atoms with Crippen LogP contribution in [0.2, 0.25) is 0 Å². The van der Waals surface area contributed by atoms with Crippen molar-refractivity contribution in [2.75, 3.05) is 19.6 Å². The van der Waals surface area contributed by atoms with Gasteiger partial charge >= 0.3 is 0 Å². The van der Waals surface area contributed by atoms with Crippen LogP contribution >= 0.6 is 11.3 Å². The van der Waals surface area contributed by atoms with Crippen molar-refractivity contribution in [3.8, 4) is 11.3 Å². The molecule has 0 spiro atoms. The van der Waals surface area contributed by atoms with E-state index in [-0.39, 0.29) is 5.91 Å². The lowest BCUT2D eigenvalue weighted by atomic mass is 10.1. The second kappa shape index (κ2) is 7.90. The molecular weight excluding hydrogens is 282 g/mol. The maximum absolute atomic E-state index is 12.1. The van der Waals surface area contributed by atoms with Crippen LogP contribution in [-0.2, 0) is 0 Å². The normalized spacial score (nSPS) is 10.6. The van der Waals surface area contributed by atoms with Crippen LogP contribution in [0.25, 0.3) is 11.3 Å². The molecule has 0 aliphatic carbocycles. The summed E-state index contributed by atoms with van der Waals surface area (Å²) in [6, 6.07) is 5.79. The lowest BCUT2D eigenvalue weighted by molar-refractivity contribution is 0.0953. The summed E-state index contributed by atoms with van der Waals surface area (Å²) in [5, 5.41) is 10.2. The predicted octanol–water partition coefficient (Wildman–Crippen LogP) is 2.85. The van der Waals surface area contributed by atoms with Gasteiger partial charge in [0.25, 0.3) is 5.91 Å². The van der Waals surface area contributed by atoms with Crippen molar-refractivity contribution in [1.82, 2.24) is 15.6 Å². The summed E-state index contributed by atoms with van der Waals surface area (Å²) in [5.41, 5.74) is 3.41. The number of pyridine rings is 1. The fourth-order valence-electron chi connectivity index (χ4n) is 2.03. The van der Waals surface area contributed by atoms with Crippen molar-refractivity contribution in [2.45, 2.75) is 20.3 Å². The molecule has 2 N–H and O–H groups in total. The molecule has 2 heterocycles. The first kappa shape index (κ1) is 15.7. The minimum atomic E-state index is -0.0600. The average Bonchev–Trinajstić information content (AvgIpc) is 3.01. The molecule has 1 amide bonds. The fourth-order valence-corrected chi connectivity index (χ4v) is 2.68. The zero-order valence-corrected chi connectivity index (χ0v) is 13.3. The Labute approximate surface area is 129 Å². The third-order valence-electron chi connectivity index (χ3n) is 3.16. The quantitative estimate of drug-likeness (QED) is 0.773. The van der Waals surface area contributed by atoms with Crippen LogP contribution in [0, 0.1) is 6.92 Å². The smallest absolute Gasteiger partial charge is 0.253 e. The molecule has 21 heavy (non-hydrogen) atoms. The van der Waals surface area contributed by atoms with E-state index in [1.807, 2.05) is 30.5 Å². The Hall–Kier alpha value is -1.72. The summed E-state index contributed by atoms with van der Waals surface area (Å²) < 4.78 is 0. The van der Waals surface area contributed by atoms with Gasteiger partial charge in [0.2, 0.25) is 0 Å². The summed E-state index contributed by atoms with van der Waals surface area (Å²) in [7, 11) is 0. The van der Waals surface area contributed by atoms with Crippen molar-refractivity contribution in [2.24, 2.45) is 0 Å². The largest absolute Gasteiger partial charge is 0.351 e. The summed E-state index contributed by atoms with van der Waals surface area (Å²) in [6.45, 7) is 6.39. The zero-order chi connectivity index (χ0) is 15.1. The highest BCUT2D eigenvalue weighted by Gasteiger charge is 2.11. The van der Waals surface area contributed by atoms with Crippen LogP contribution in [0.3, 0.4) is 0 Å². The highest BCUT2D eigenvalue weighted by molar-refractivity contribution is 7.08. The molecule has 0 aliphatic rings. The van der Waals surface area contributed by atoms with E-state index in [2.05, 4.69) is 27.9 Å². The lowest BCUT2D eigenvalue weighted by Crippen LogP contribution is -2.32. The van der Waals surface area contributed by atoms with Crippen LogP contribution in [-0.4, -0.2) is 30.5 Å². The minimum absolute atomic E-state index is 0.0600. The molecule has 0 atom stereocenters. The number of hydrogen-bond acceptors (Lipinski definition) is 4. The van der Waals surface area contributed by atoms with E-state index in [1.54, 1.807) is 11.3 Å². The Morgan fingerprint density at radius 1 is 1.24 bits per heavy atom. The molecule has 2 aromatic heterocycles. The van der Waals surface area contributed by atoms with Gasteiger partial charge in [0.1, 0.15) is 0 Å². The SMILES string of the molecule is CCCNCCNC(=O)c1ccc(-c2ccsc2)nc1C.